The first-order valence-electron chi connectivity index (χ1n) is 9.24. The maximum Gasteiger partial charge on any atom is 0.231 e. The third-order valence-electron chi connectivity index (χ3n) is 5.16. The number of carbonyl (C=O) groups excluding carboxylic acids is 1. The zero-order valence-electron chi connectivity index (χ0n) is 15.7. The van der Waals surface area contributed by atoms with E-state index in [1.807, 2.05) is 55.5 Å². The Morgan fingerprint density at radius 3 is 2.61 bits per heavy atom. The van der Waals surface area contributed by atoms with Gasteiger partial charge in [0.05, 0.1) is 19.2 Å². The predicted octanol–water partition coefficient (Wildman–Crippen LogP) is 4.42. The average molecular weight is 397 g/mol. The van der Waals surface area contributed by atoms with Crippen molar-refractivity contribution in [3.8, 4) is 5.75 Å². The molecule has 0 N–H and O–H groups in total. The fourth-order valence-corrected chi connectivity index (χ4v) is 4.03. The molecule has 6 nitrogen and oxygen atoms in total. The Bertz CT molecular complexity index is 986. The lowest BCUT2D eigenvalue weighted by Crippen LogP contribution is -2.42. The Balaban J connectivity index is 1.84. The number of aromatic nitrogens is 3. The molecule has 0 bridgehead atoms. The maximum absolute atomic E-state index is 12.8. The van der Waals surface area contributed by atoms with Gasteiger partial charge in [-0.1, -0.05) is 48.9 Å². The fourth-order valence-electron chi connectivity index (χ4n) is 3.76. The third-order valence-corrected chi connectivity index (χ3v) is 5.50. The zero-order chi connectivity index (χ0) is 19.7. The number of amides is 1. The van der Waals surface area contributed by atoms with Gasteiger partial charge in [-0.3, -0.25) is 9.69 Å². The van der Waals surface area contributed by atoms with Gasteiger partial charge in [0.1, 0.15) is 12.1 Å². The Kier molecular flexibility index (Phi) is 5.05. The van der Waals surface area contributed by atoms with Crippen LogP contribution in [0.2, 0.25) is 5.02 Å². The number of hydrogen-bond donors (Lipinski definition) is 0. The normalized spacial score (nSPS) is 18.6. The first-order valence-corrected chi connectivity index (χ1v) is 9.61. The molecule has 2 aromatic carbocycles. The molecular weight excluding hydrogens is 376 g/mol. The van der Waals surface area contributed by atoms with Gasteiger partial charge >= 0.3 is 0 Å². The molecule has 1 amide bonds. The quantitative estimate of drug-likeness (QED) is 0.655. The van der Waals surface area contributed by atoms with Gasteiger partial charge in [-0.15, -0.1) is 0 Å². The summed E-state index contributed by atoms with van der Waals surface area (Å²) in [5.74, 6) is 1.33. The number of benzene rings is 2. The second-order valence-electron chi connectivity index (χ2n) is 6.68. The number of fused-ring (bicyclic) bond motifs is 1. The minimum absolute atomic E-state index is 0.00711. The Morgan fingerprint density at radius 2 is 1.93 bits per heavy atom. The Labute approximate surface area is 168 Å². The van der Waals surface area contributed by atoms with Crippen LogP contribution >= 0.6 is 11.6 Å². The molecule has 3 aromatic rings. The fraction of sp³-hybridized carbons (Fsp3) is 0.286. The largest absolute Gasteiger partial charge is 0.497 e. The zero-order valence-corrected chi connectivity index (χ0v) is 16.5. The van der Waals surface area contributed by atoms with E-state index in [1.54, 1.807) is 16.7 Å². The highest BCUT2D eigenvalue weighted by Crippen LogP contribution is 2.43. The van der Waals surface area contributed by atoms with Gasteiger partial charge in [0.25, 0.3) is 0 Å². The molecule has 0 spiro atoms. The SMILES string of the molecule is CCC(=O)N1c2ncnn2[C@@H](c2ccccc2Cl)C[C@@H]1c1ccc(OC)cc1. The summed E-state index contributed by atoms with van der Waals surface area (Å²) in [4.78, 5) is 19.0. The van der Waals surface area contributed by atoms with Gasteiger partial charge in [-0.05, 0) is 35.7 Å². The van der Waals surface area contributed by atoms with Crippen LogP contribution in [0, 0.1) is 0 Å². The molecule has 7 heteroatoms. The van der Waals surface area contributed by atoms with Gasteiger partial charge in [0.2, 0.25) is 11.9 Å². The smallest absolute Gasteiger partial charge is 0.231 e. The van der Waals surface area contributed by atoms with Crippen LogP contribution in [0.5, 0.6) is 5.75 Å². The second-order valence-corrected chi connectivity index (χ2v) is 7.09. The monoisotopic (exact) mass is 396 g/mol. The minimum Gasteiger partial charge on any atom is -0.497 e. The Hall–Kier alpha value is -2.86. The summed E-state index contributed by atoms with van der Waals surface area (Å²) in [5, 5.41) is 5.09. The molecule has 0 fully saturated rings. The number of ether oxygens (including phenoxy) is 1. The highest BCUT2D eigenvalue weighted by Gasteiger charge is 2.39. The van der Waals surface area contributed by atoms with E-state index in [0.717, 1.165) is 16.9 Å². The van der Waals surface area contributed by atoms with Crippen LogP contribution in [0.3, 0.4) is 0 Å². The van der Waals surface area contributed by atoms with Crippen LogP contribution in [-0.4, -0.2) is 27.8 Å². The summed E-state index contributed by atoms with van der Waals surface area (Å²) in [6, 6.07) is 15.3. The lowest BCUT2D eigenvalue weighted by atomic mass is 9.91. The molecular formula is C21H21ClN4O2. The molecule has 144 valence electrons. The van der Waals surface area contributed by atoms with Gasteiger partial charge in [0.15, 0.2) is 0 Å². The van der Waals surface area contributed by atoms with E-state index in [1.165, 1.54) is 6.33 Å². The summed E-state index contributed by atoms with van der Waals surface area (Å²) in [6.07, 6.45) is 2.53. The number of rotatable bonds is 4. The van der Waals surface area contributed by atoms with Crippen molar-refractivity contribution < 1.29 is 9.53 Å². The lowest BCUT2D eigenvalue weighted by molar-refractivity contribution is -0.119. The molecule has 0 saturated carbocycles. The first-order chi connectivity index (χ1) is 13.6. The van der Waals surface area contributed by atoms with Crippen molar-refractivity contribution in [1.82, 2.24) is 14.8 Å². The van der Waals surface area contributed by atoms with Crippen molar-refractivity contribution in [3.63, 3.8) is 0 Å². The number of nitrogens with zero attached hydrogens (tertiary/aromatic N) is 4. The van der Waals surface area contributed by atoms with Crippen molar-refractivity contribution in [2.45, 2.75) is 31.8 Å². The highest BCUT2D eigenvalue weighted by molar-refractivity contribution is 6.31. The molecule has 2 atom stereocenters. The van der Waals surface area contributed by atoms with Crippen LogP contribution in [0.4, 0.5) is 5.95 Å². The van der Waals surface area contributed by atoms with Gasteiger partial charge in [-0.25, -0.2) is 4.68 Å². The number of halogens is 1. The lowest BCUT2D eigenvalue weighted by Gasteiger charge is -2.39. The van der Waals surface area contributed by atoms with Gasteiger partial charge in [-0.2, -0.15) is 10.1 Å². The molecule has 1 aliphatic rings. The molecule has 0 aliphatic carbocycles. The van der Waals surface area contributed by atoms with Gasteiger partial charge in [0, 0.05) is 11.4 Å². The highest BCUT2D eigenvalue weighted by atomic mass is 35.5. The van der Waals surface area contributed by atoms with Crippen LogP contribution in [0.25, 0.3) is 0 Å². The summed E-state index contributed by atoms with van der Waals surface area (Å²) < 4.78 is 7.08. The minimum atomic E-state index is -0.170. The van der Waals surface area contributed by atoms with Crippen molar-refractivity contribution in [2.75, 3.05) is 12.0 Å². The molecule has 28 heavy (non-hydrogen) atoms. The molecule has 4 rings (SSSR count). The third kappa shape index (κ3) is 3.14. The van der Waals surface area contributed by atoms with Crippen molar-refractivity contribution >= 4 is 23.5 Å². The summed E-state index contributed by atoms with van der Waals surface area (Å²) in [7, 11) is 1.64. The van der Waals surface area contributed by atoms with E-state index in [4.69, 9.17) is 16.3 Å². The molecule has 0 radical (unpaired) electrons. The standard InChI is InChI=1S/C21H21ClN4O2/c1-3-20(27)25-18(14-8-10-15(28-2)11-9-14)12-19(26-21(25)23-13-24-26)16-6-4-5-7-17(16)22/h4-11,13,18-19H,3,12H2,1-2H3/t18-,19-/m1/s1. The van der Waals surface area contributed by atoms with Crippen LogP contribution in [0.15, 0.2) is 54.9 Å². The number of carbonyl (C=O) groups is 1. The van der Waals surface area contributed by atoms with E-state index in [9.17, 15) is 4.79 Å². The van der Waals surface area contributed by atoms with Crippen LogP contribution in [-0.2, 0) is 4.79 Å². The summed E-state index contributed by atoms with van der Waals surface area (Å²) >= 11 is 6.49. The molecule has 1 aliphatic heterocycles. The van der Waals surface area contributed by atoms with Crippen molar-refractivity contribution in [1.29, 1.82) is 0 Å². The Morgan fingerprint density at radius 1 is 1.18 bits per heavy atom. The molecule has 1 aromatic heterocycles. The number of methoxy groups -OCH3 is 1. The van der Waals surface area contributed by atoms with E-state index in [2.05, 4.69) is 10.1 Å². The number of hydrogen-bond acceptors (Lipinski definition) is 4. The maximum atomic E-state index is 12.8. The average Bonchev–Trinajstić information content (AvgIpc) is 3.22. The number of anilines is 1. The van der Waals surface area contributed by atoms with E-state index in [0.29, 0.717) is 23.8 Å². The first kappa shape index (κ1) is 18.5. The topological polar surface area (TPSA) is 60.2 Å². The van der Waals surface area contributed by atoms with Crippen molar-refractivity contribution in [2.24, 2.45) is 0 Å². The molecule has 0 unspecified atom stereocenters. The van der Waals surface area contributed by atoms with Crippen LogP contribution < -0.4 is 9.64 Å². The van der Waals surface area contributed by atoms with Crippen molar-refractivity contribution in [3.05, 3.63) is 71.0 Å². The van der Waals surface area contributed by atoms with E-state index in [-0.39, 0.29) is 18.0 Å². The van der Waals surface area contributed by atoms with E-state index >= 15 is 0 Å². The second kappa shape index (κ2) is 7.64. The molecule has 0 saturated heterocycles. The van der Waals surface area contributed by atoms with Crippen LogP contribution in [0.1, 0.15) is 43.0 Å². The molecule has 2 heterocycles. The van der Waals surface area contributed by atoms with E-state index < -0.39 is 0 Å². The summed E-state index contributed by atoms with van der Waals surface area (Å²) in [5.41, 5.74) is 1.99. The van der Waals surface area contributed by atoms with Gasteiger partial charge < -0.3 is 4.74 Å². The predicted molar refractivity (Wildman–Crippen MR) is 108 cm³/mol. The summed E-state index contributed by atoms with van der Waals surface area (Å²) in [6.45, 7) is 1.86.